The molecule has 1 saturated heterocycles. The van der Waals surface area contributed by atoms with E-state index in [-0.39, 0.29) is 64.0 Å². The van der Waals surface area contributed by atoms with Gasteiger partial charge in [0, 0.05) is 62.5 Å². The Morgan fingerprint density at radius 3 is 2.68 bits per heavy atom. The lowest BCUT2D eigenvalue weighted by atomic mass is 9.66. The standard InChI is InChI=1S/C43H56N4O8S2/c1-27(48)53-33-22-36(30-20-35(50)40(51)39(21-30)52-17-12-28-8-7-16-46-25-28)55-37(23-33)31-18-29-10-11-34(49)38(19-29)54-32-9-6-13-42(24-32,47-41(44)45-2)43(57-56-26-31)14-4-3-5-15-43/h7-8,10-11,16,19-21,25,31-33,36-37,49-51H,3-6,9,12-15,17-18,22-24,26H2,1-2H3,(H3,44,45,47)/t31-,32-,33+,36+,37-,42-/m1/s1. The molecule has 6 N–H and O–H groups in total. The van der Waals surface area contributed by atoms with Crippen molar-refractivity contribution >= 4 is 33.5 Å². The second-order valence-corrected chi connectivity index (χ2v) is 18.8. The summed E-state index contributed by atoms with van der Waals surface area (Å²) in [6.07, 6.45) is 13.1. The van der Waals surface area contributed by atoms with E-state index in [4.69, 9.17) is 24.7 Å². The van der Waals surface area contributed by atoms with Crippen LogP contribution < -0.4 is 20.5 Å². The first-order valence-electron chi connectivity index (χ1n) is 20.3. The molecule has 14 heteroatoms. The Morgan fingerprint density at radius 1 is 1.07 bits per heavy atom. The van der Waals surface area contributed by atoms with Crippen molar-refractivity contribution in [1.82, 2.24) is 10.3 Å². The van der Waals surface area contributed by atoms with Gasteiger partial charge in [-0.3, -0.25) is 14.8 Å². The minimum Gasteiger partial charge on any atom is -0.504 e. The van der Waals surface area contributed by atoms with Gasteiger partial charge in [-0.05, 0) is 91.5 Å². The fraction of sp³-hybridized carbons (Fsp3) is 0.558. The molecule has 4 bridgehead atoms. The lowest BCUT2D eigenvalue weighted by molar-refractivity contribution is -0.163. The van der Waals surface area contributed by atoms with Crippen LogP contribution >= 0.6 is 21.6 Å². The lowest BCUT2D eigenvalue weighted by Gasteiger charge is -2.55. The summed E-state index contributed by atoms with van der Waals surface area (Å²) in [6.45, 7) is 1.68. The Bertz CT molecular complexity index is 1880. The Hall–Kier alpha value is -4.01. The Labute approximate surface area is 343 Å². The summed E-state index contributed by atoms with van der Waals surface area (Å²) in [7, 11) is 5.56. The van der Waals surface area contributed by atoms with Gasteiger partial charge < -0.3 is 45.3 Å². The molecule has 0 amide bonds. The number of fused-ring (bicyclic) bond motifs is 5. The molecule has 7 rings (SSSR count). The molecule has 3 heterocycles. The zero-order valence-corrected chi connectivity index (χ0v) is 34.5. The van der Waals surface area contributed by atoms with Crippen molar-refractivity contribution in [2.24, 2.45) is 16.6 Å². The van der Waals surface area contributed by atoms with Gasteiger partial charge in [0.05, 0.1) is 24.4 Å². The van der Waals surface area contributed by atoms with E-state index in [1.54, 1.807) is 31.6 Å². The van der Waals surface area contributed by atoms with Gasteiger partial charge >= 0.3 is 5.97 Å². The molecule has 12 nitrogen and oxygen atoms in total. The monoisotopic (exact) mass is 820 g/mol. The zero-order chi connectivity index (χ0) is 40.0. The minimum atomic E-state index is -0.561. The molecule has 1 aromatic heterocycles. The maximum absolute atomic E-state index is 12.4. The van der Waals surface area contributed by atoms with Crippen molar-refractivity contribution in [1.29, 1.82) is 0 Å². The molecule has 1 spiro atoms. The molecule has 2 aliphatic carbocycles. The molecule has 3 aromatic rings. The highest BCUT2D eigenvalue weighted by molar-refractivity contribution is 8.77. The molecule has 2 saturated carbocycles. The van der Waals surface area contributed by atoms with E-state index in [0.717, 1.165) is 68.2 Å². The first kappa shape index (κ1) is 41.2. The summed E-state index contributed by atoms with van der Waals surface area (Å²) >= 11 is 0. The fourth-order valence-corrected chi connectivity index (χ4v) is 13.4. The number of pyridine rings is 1. The summed E-state index contributed by atoms with van der Waals surface area (Å²) in [5.41, 5.74) is 8.74. The second-order valence-electron chi connectivity index (χ2n) is 16.1. The summed E-state index contributed by atoms with van der Waals surface area (Å²) in [5.74, 6) is 0.832. The van der Waals surface area contributed by atoms with E-state index >= 15 is 0 Å². The first-order chi connectivity index (χ1) is 27.5. The van der Waals surface area contributed by atoms with Crippen LogP contribution in [0.4, 0.5) is 0 Å². The van der Waals surface area contributed by atoms with Gasteiger partial charge in [-0.2, -0.15) is 0 Å². The summed E-state index contributed by atoms with van der Waals surface area (Å²) in [6, 6.07) is 12.6. The topological polar surface area (TPSA) is 178 Å². The molecule has 0 unspecified atom stereocenters. The number of aliphatic imine (C=N–C) groups is 1. The lowest BCUT2D eigenvalue weighted by Crippen LogP contribution is -2.67. The van der Waals surface area contributed by atoms with Crippen LogP contribution in [0.1, 0.15) is 100 Å². The molecule has 57 heavy (non-hydrogen) atoms. The fourth-order valence-electron chi connectivity index (χ4n) is 9.33. The summed E-state index contributed by atoms with van der Waals surface area (Å²) in [4.78, 5) is 20.9. The number of ether oxygens (including phenoxy) is 4. The van der Waals surface area contributed by atoms with Gasteiger partial charge in [-0.1, -0.05) is 53.0 Å². The van der Waals surface area contributed by atoms with Crippen LogP contribution in [-0.4, -0.2) is 80.2 Å². The average molecular weight is 821 g/mol. The van der Waals surface area contributed by atoms with Crippen molar-refractivity contribution < 1.29 is 39.1 Å². The normalized spacial score (nSPS) is 27.8. The van der Waals surface area contributed by atoms with Crippen LogP contribution in [0.3, 0.4) is 0 Å². The third kappa shape index (κ3) is 9.66. The number of aromatic hydroxyl groups is 3. The van der Waals surface area contributed by atoms with E-state index in [1.807, 2.05) is 45.9 Å². The number of nitrogens with two attached hydrogens (primary N) is 1. The zero-order valence-electron chi connectivity index (χ0n) is 32.9. The van der Waals surface area contributed by atoms with Crippen LogP contribution in [0.5, 0.6) is 28.7 Å². The van der Waals surface area contributed by atoms with Gasteiger partial charge in [0.15, 0.2) is 29.0 Å². The SMILES string of the molecule is CN=C(N)N[C@]12CCC[C@H](C1)Oc1cc(ccc1O)C[C@@H]([C@H]1C[C@@H](OC(C)=O)C[C@@H](c3cc(O)c(O)c(OCCc4cccnc4)c3)O1)CSSC21CCCCC1. The first-order valence-corrected chi connectivity index (χ1v) is 22.6. The van der Waals surface area contributed by atoms with Crippen molar-refractivity contribution in [2.45, 2.75) is 125 Å². The van der Waals surface area contributed by atoms with Crippen molar-refractivity contribution in [3.63, 3.8) is 0 Å². The number of benzene rings is 2. The molecule has 3 fully saturated rings. The molecule has 0 radical (unpaired) electrons. The second kappa shape index (κ2) is 18.3. The highest BCUT2D eigenvalue weighted by Gasteiger charge is 2.55. The number of carbonyl (C=O) groups is 1. The molecule has 2 aromatic carbocycles. The number of phenolic OH excluding ortho intramolecular Hbond substituents is 3. The van der Waals surface area contributed by atoms with Crippen molar-refractivity contribution in [3.05, 3.63) is 71.5 Å². The highest BCUT2D eigenvalue weighted by Crippen LogP contribution is 2.57. The quantitative estimate of drug-likeness (QED) is 0.0496. The highest BCUT2D eigenvalue weighted by atomic mass is 33.1. The van der Waals surface area contributed by atoms with Gasteiger partial charge in [0.25, 0.3) is 0 Å². The number of esters is 1. The molecule has 4 aliphatic rings. The van der Waals surface area contributed by atoms with E-state index < -0.39 is 12.2 Å². The van der Waals surface area contributed by atoms with Crippen LogP contribution in [0.25, 0.3) is 0 Å². The summed E-state index contributed by atoms with van der Waals surface area (Å²) < 4.78 is 25.5. The molecule has 308 valence electrons. The van der Waals surface area contributed by atoms with E-state index in [1.165, 1.54) is 19.4 Å². The van der Waals surface area contributed by atoms with Gasteiger partial charge in [-0.15, -0.1) is 0 Å². The number of nitrogens with one attached hydrogen (secondary N) is 1. The Kier molecular flexibility index (Phi) is 13.2. The number of phenols is 3. The number of nitrogens with zero attached hydrogens (tertiary/aromatic N) is 2. The maximum Gasteiger partial charge on any atom is 0.302 e. The third-order valence-electron chi connectivity index (χ3n) is 12.2. The van der Waals surface area contributed by atoms with Crippen molar-refractivity contribution in [2.75, 3.05) is 19.4 Å². The van der Waals surface area contributed by atoms with Crippen LogP contribution in [0, 0.1) is 5.92 Å². The number of rotatable bonds is 8. The molecule has 2 aliphatic heterocycles. The maximum atomic E-state index is 12.4. The van der Waals surface area contributed by atoms with Gasteiger partial charge in [0.1, 0.15) is 12.2 Å². The predicted octanol–water partition coefficient (Wildman–Crippen LogP) is 7.52. The largest absolute Gasteiger partial charge is 0.504 e. The van der Waals surface area contributed by atoms with Gasteiger partial charge in [-0.25, -0.2) is 0 Å². The Morgan fingerprint density at radius 2 is 1.91 bits per heavy atom. The number of guanidine groups is 1. The number of hydrogen-bond acceptors (Lipinski definition) is 12. The predicted molar refractivity (Wildman–Crippen MR) is 223 cm³/mol. The summed E-state index contributed by atoms with van der Waals surface area (Å²) in [5, 5.41) is 36.5. The van der Waals surface area contributed by atoms with Gasteiger partial charge in [0.2, 0.25) is 5.75 Å². The van der Waals surface area contributed by atoms with Crippen LogP contribution in [-0.2, 0) is 27.1 Å². The number of carbonyl (C=O) groups excluding carboxylic acids is 1. The van der Waals surface area contributed by atoms with E-state index in [9.17, 15) is 20.1 Å². The van der Waals surface area contributed by atoms with Crippen molar-refractivity contribution in [3.8, 4) is 28.7 Å². The molecular weight excluding hydrogens is 765 g/mol. The molecular formula is C43H56N4O8S2. The number of hydrogen-bond donors (Lipinski definition) is 5. The average Bonchev–Trinajstić information content (AvgIpc) is 3.20. The smallest absolute Gasteiger partial charge is 0.302 e. The van der Waals surface area contributed by atoms with E-state index in [0.29, 0.717) is 43.0 Å². The van der Waals surface area contributed by atoms with Crippen LogP contribution in [0.2, 0.25) is 0 Å². The third-order valence-corrected chi connectivity index (χ3v) is 15.7. The Balaban J connectivity index is 1.20. The molecule has 6 atom stereocenters. The van der Waals surface area contributed by atoms with Crippen LogP contribution in [0.15, 0.2) is 59.9 Å². The minimum absolute atomic E-state index is 0.0337. The number of aromatic nitrogens is 1. The van der Waals surface area contributed by atoms with E-state index in [2.05, 4.69) is 15.3 Å².